The zero-order valence-electron chi connectivity index (χ0n) is 12.9. The van der Waals surface area contributed by atoms with E-state index in [2.05, 4.69) is 0 Å². The molecule has 0 atom stereocenters. The first-order valence-corrected chi connectivity index (χ1v) is 8.93. The lowest BCUT2D eigenvalue weighted by atomic mass is 10.3. The fourth-order valence-corrected chi connectivity index (χ4v) is 3.77. The second-order valence-corrected chi connectivity index (χ2v) is 6.82. The fraction of sp³-hybridized carbons (Fsp3) is 0.176. The van der Waals surface area contributed by atoms with Gasteiger partial charge in [-0.2, -0.15) is 0 Å². The van der Waals surface area contributed by atoms with Gasteiger partial charge in [0.2, 0.25) is 0 Å². The van der Waals surface area contributed by atoms with E-state index in [4.69, 9.17) is 9.47 Å². The van der Waals surface area contributed by atoms with Crippen LogP contribution >= 0.6 is 23.1 Å². The minimum absolute atomic E-state index is 0.199. The molecule has 124 valence electrons. The van der Waals surface area contributed by atoms with Crippen molar-refractivity contribution in [1.82, 2.24) is 4.90 Å². The lowest BCUT2D eigenvalue weighted by molar-refractivity contribution is -0.123. The monoisotopic (exact) mass is 361 g/mol. The minimum Gasteiger partial charge on any atom is -0.493 e. The number of nitrogens with zero attached hydrogens (tertiary/aromatic N) is 1. The van der Waals surface area contributed by atoms with Gasteiger partial charge in [0, 0.05) is 4.88 Å². The number of methoxy groups -OCH3 is 1. The first-order chi connectivity index (χ1) is 11.7. The molecule has 0 bridgehead atoms. The van der Waals surface area contributed by atoms with Crippen LogP contribution in [0.5, 0.6) is 11.5 Å². The van der Waals surface area contributed by atoms with E-state index in [0.29, 0.717) is 16.4 Å². The molecule has 1 aromatic heterocycles. The number of thiophene rings is 1. The molecule has 0 unspecified atom stereocenters. The van der Waals surface area contributed by atoms with Gasteiger partial charge in [0.25, 0.3) is 11.1 Å². The second kappa shape index (κ2) is 7.55. The van der Waals surface area contributed by atoms with Crippen molar-refractivity contribution >= 4 is 40.3 Å². The lowest BCUT2D eigenvalue weighted by Gasteiger charge is -2.14. The highest BCUT2D eigenvalue weighted by atomic mass is 32.2. The zero-order chi connectivity index (χ0) is 16.9. The molecule has 5 nitrogen and oxygen atoms in total. The summed E-state index contributed by atoms with van der Waals surface area (Å²) in [7, 11) is 1.56. The lowest BCUT2D eigenvalue weighted by Crippen LogP contribution is -2.32. The topological polar surface area (TPSA) is 55.8 Å². The first kappa shape index (κ1) is 16.6. The molecule has 7 heteroatoms. The summed E-state index contributed by atoms with van der Waals surface area (Å²) in [6, 6.07) is 11.1. The Bertz CT molecular complexity index is 771. The van der Waals surface area contributed by atoms with Crippen LogP contribution in [0.15, 0.2) is 46.7 Å². The van der Waals surface area contributed by atoms with Crippen LogP contribution in [0.25, 0.3) is 6.08 Å². The summed E-state index contributed by atoms with van der Waals surface area (Å²) in [5.41, 5.74) is 0. The molecule has 24 heavy (non-hydrogen) atoms. The molecular weight excluding hydrogens is 346 g/mol. The maximum atomic E-state index is 12.3. The van der Waals surface area contributed by atoms with E-state index in [9.17, 15) is 9.59 Å². The van der Waals surface area contributed by atoms with Gasteiger partial charge < -0.3 is 9.47 Å². The third-order valence-corrected chi connectivity index (χ3v) is 5.06. The standard InChI is InChI=1S/C17H15NO4S2/c1-21-13-6-2-3-7-14(13)22-9-8-18-16(19)15(24-17(18)20)11-12-5-4-10-23-12/h2-7,10-11H,8-9H2,1H3/b15-11-. The SMILES string of the molecule is COc1ccccc1OCCN1C(=O)S/C(=C\c2cccs2)C1=O. The van der Waals surface area contributed by atoms with Crippen LogP contribution in [0.3, 0.4) is 0 Å². The van der Waals surface area contributed by atoms with E-state index in [-0.39, 0.29) is 24.3 Å². The molecule has 3 rings (SSSR count). The number of hydrogen-bond donors (Lipinski definition) is 0. The molecule has 1 aromatic carbocycles. The number of carbonyl (C=O) groups is 2. The van der Waals surface area contributed by atoms with Crippen molar-refractivity contribution in [2.75, 3.05) is 20.3 Å². The number of imide groups is 1. The Kier molecular flexibility index (Phi) is 5.22. The van der Waals surface area contributed by atoms with Crippen molar-refractivity contribution in [2.24, 2.45) is 0 Å². The van der Waals surface area contributed by atoms with Gasteiger partial charge in [-0.3, -0.25) is 14.5 Å². The Labute approximate surface area is 147 Å². The van der Waals surface area contributed by atoms with E-state index in [1.807, 2.05) is 29.6 Å². The second-order valence-electron chi connectivity index (χ2n) is 4.85. The zero-order valence-corrected chi connectivity index (χ0v) is 14.6. The molecule has 0 radical (unpaired) electrons. The van der Waals surface area contributed by atoms with Crippen molar-refractivity contribution in [2.45, 2.75) is 0 Å². The van der Waals surface area contributed by atoms with E-state index < -0.39 is 0 Å². The molecule has 0 N–H and O–H groups in total. The van der Waals surface area contributed by atoms with Gasteiger partial charge in [-0.1, -0.05) is 18.2 Å². The summed E-state index contributed by atoms with van der Waals surface area (Å²) in [5.74, 6) is 0.923. The van der Waals surface area contributed by atoms with Crippen LogP contribution in [-0.2, 0) is 4.79 Å². The maximum absolute atomic E-state index is 12.3. The molecule has 2 aromatic rings. The van der Waals surface area contributed by atoms with Crippen molar-refractivity contribution in [3.05, 3.63) is 51.6 Å². The summed E-state index contributed by atoms with van der Waals surface area (Å²) in [6.07, 6.45) is 1.75. The van der Waals surface area contributed by atoms with E-state index in [1.54, 1.807) is 25.3 Å². The van der Waals surface area contributed by atoms with Gasteiger partial charge in [0.1, 0.15) is 6.61 Å². The normalized spacial score (nSPS) is 16.0. The van der Waals surface area contributed by atoms with Gasteiger partial charge in [-0.15, -0.1) is 11.3 Å². The van der Waals surface area contributed by atoms with Crippen LogP contribution in [0.1, 0.15) is 4.88 Å². The van der Waals surface area contributed by atoms with E-state index in [1.165, 1.54) is 16.2 Å². The molecular formula is C17H15NO4S2. The van der Waals surface area contributed by atoms with Crippen molar-refractivity contribution < 1.29 is 19.1 Å². The highest BCUT2D eigenvalue weighted by Gasteiger charge is 2.34. The average Bonchev–Trinajstić information content (AvgIpc) is 3.19. The van der Waals surface area contributed by atoms with Crippen LogP contribution < -0.4 is 9.47 Å². The molecule has 1 fully saturated rings. The molecule has 1 saturated heterocycles. The Morgan fingerprint density at radius 2 is 1.92 bits per heavy atom. The number of amides is 2. The van der Waals surface area contributed by atoms with E-state index >= 15 is 0 Å². The third kappa shape index (κ3) is 3.63. The number of rotatable bonds is 6. The van der Waals surface area contributed by atoms with Crippen LogP contribution in [-0.4, -0.2) is 36.3 Å². The van der Waals surface area contributed by atoms with Crippen molar-refractivity contribution in [3.8, 4) is 11.5 Å². The van der Waals surface area contributed by atoms with Crippen molar-refractivity contribution in [1.29, 1.82) is 0 Å². The third-order valence-electron chi connectivity index (χ3n) is 3.33. The summed E-state index contributed by atoms with van der Waals surface area (Å²) < 4.78 is 10.8. The first-order valence-electron chi connectivity index (χ1n) is 7.23. The predicted molar refractivity (Wildman–Crippen MR) is 95.5 cm³/mol. The number of carbonyl (C=O) groups excluding carboxylic acids is 2. The Morgan fingerprint density at radius 3 is 2.62 bits per heavy atom. The summed E-state index contributed by atoms with van der Waals surface area (Å²) in [6.45, 7) is 0.412. The number of benzene rings is 1. The van der Waals surface area contributed by atoms with Crippen LogP contribution in [0.2, 0.25) is 0 Å². The Balaban J connectivity index is 1.61. The highest BCUT2D eigenvalue weighted by Crippen LogP contribution is 2.33. The molecule has 0 saturated carbocycles. The minimum atomic E-state index is -0.276. The average molecular weight is 361 g/mol. The summed E-state index contributed by atoms with van der Waals surface area (Å²) in [5, 5.41) is 1.66. The Hall–Kier alpha value is -2.25. The van der Waals surface area contributed by atoms with Crippen LogP contribution in [0.4, 0.5) is 4.79 Å². The fourth-order valence-electron chi connectivity index (χ4n) is 2.18. The van der Waals surface area contributed by atoms with Gasteiger partial charge in [-0.05, 0) is 41.4 Å². The number of thioether (sulfide) groups is 1. The predicted octanol–water partition coefficient (Wildman–Crippen LogP) is 3.87. The van der Waals surface area contributed by atoms with Gasteiger partial charge >= 0.3 is 0 Å². The molecule has 0 aliphatic carbocycles. The molecule has 1 aliphatic rings. The number of hydrogen-bond acceptors (Lipinski definition) is 6. The summed E-state index contributed by atoms with van der Waals surface area (Å²) >= 11 is 2.48. The number of ether oxygens (including phenoxy) is 2. The maximum Gasteiger partial charge on any atom is 0.293 e. The molecule has 2 amide bonds. The van der Waals surface area contributed by atoms with Gasteiger partial charge in [0.05, 0.1) is 18.6 Å². The van der Waals surface area contributed by atoms with Gasteiger partial charge in [-0.25, -0.2) is 0 Å². The quantitative estimate of drug-likeness (QED) is 0.731. The van der Waals surface area contributed by atoms with Gasteiger partial charge in [0.15, 0.2) is 11.5 Å². The van der Waals surface area contributed by atoms with Crippen LogP contribution in [0, 0.1) is 0 Å². The smallest absolute Gasteiger partial charge is 0.293 e. The highest BCUT2D eigenvalue weighted by molar-refractivity contribution is 8.18. The summed E-state index contributed by atoms with van der Waals surface area (Å²) in [4.78, 5) is 27.0. The Morgan fingerprint density at radius 1 is 1.12 bits per heavy atom. The molecule has 0 spiro atoms. The largest absolute Gasteiger partial charge is 0.493 e. The molecule has 1 aliphatic heterocycles. The van der Waals surface area contributed by atoms with Crippen molar-refractivity contribution in [3.63, 3.8) is 0 Å². The number of para-hydroxylation sites is 2. The van der Waals surface area contributed by atoms with E-state index in [0.717, 1.165) is 16.6 Å². The molecule has 2 heterocycles.